The molecule has 0 saturated heterocycles. The van der Waals surface area contributed by atoms with Crippen molar-refractivity contribution in [3.8, 4) is 5.75 Å². The molecule has 6 heteroatoms. The SMILES string of the molecule is Cc1ncc(CO)c(/C=N/NC(=O)c2ccc(C(C)(C)C)cc2)c1O. The summed E-state index contributed by atoms with van der Waals surface area (Å²) in [4.78, 5) is 16.1. The molecule has 1 aromatic heterocycles. The normalized spacial score (nSPS) is 11.7. The molecule has 6 nitrogen and oxygen atoms in total. The van der Waals surface area contributed by atoms with E-state index >= 15 is 0 Å². The summed E-state index contributed by atoms with van der Waals surface area (Å²) < 4.78 is 0. The Kier molecular flexibility index (Phi) is 5.54. The fourth-order valence-corrected chi connectivity index (χ4v) is 2.26. The van der Waals surface area contributed by atoms with Gasteiger partial charge in [-0.2, -0.15) is 5.10 Å². The molecular weight excluding hydrogens is 318 g/mol. The number of rotatable bonds is 4. The van der Waals surface area contributed by atoms with Crippen molar-refractivity contribution in [2.75, 3.05) is 0 Å². The second kappa shape index (κ2) is 7.44. The monoisotopic (exact) mass is 341 g/mol. The standard InChI is InChI=1S/C19H23N3O3/c1-12-17(24)16(14(11-23)9-20-12)10-21-22-18(25)13-5-7-15(8-6-13)19(2,3)4/h5-10,23-24H,11H2,1-4H3,(H,22,25)/b21-10+. The number of hydrazone groups is 1. The van der Waals surface area contributed by atoms with Gasteiger partial charge in [-0.25, -0.2) is 5.43 Å². The summed E-state index contributed by atoms with van der Waals surface area (Å²) in [5, 5.41) is 23.2. The molecule has 0 aliphatic heterocycles. The summed E-state index contributed by atoms with van der Waals surface area (Å²) in [6, 6.07) is 7.33. The highest BCUT2D eigenvalue weighted by atomic mass is 16.3. The van der Waals surface area contributed by atoms with Crippen LogP contribution in [0.4, 0.5) is 0 Å². The number of hydrogen-bond donors (Lipinski definition) is 3. The highest BCUT2D eigenvalue weighted by Crippen LogP contribution is 2.23. The lowest BCUT2D eigenvalue weighted by Gasteiger charge is -2.18. The number of carbonyl (C=O) groups is 1. The minimum atomic E-state index is -0.354. The van der Waals surface area contributed by atoms with E-state index in [1.807, 2.05) is 12.1 Å². The summed E-state index contributed by atoms with van der Waals surface area (Å²) in [5.74, 6) is -0.424. The lowest BCUT2D eigenvalue weighted by molar-refractivity contribution is 0.0955. The predicted molar refractivity (Wildman–Crippen MR) is 96.8 cm³/mol. The number of nitrogens with zero attached hydrogens (tertiary/aromatic N) is 2. The molecule has 132 valence electrons. The zero-order valence-electron chi connectivity index (χ0n) is 14.9. The third-order valence-electron chi connectivity index (χ3n) is 3.90. The van der Waals surface area contributed by atoms with Crippen LogP contribution in [0.3, 0.4) is 0 Å². The number of amides is 1. The van der Waals surface area contributed by atoms with Gasteiger partial charge in [0.2, 0.25) is 0 Å². The smallest absolute Gasteiger partial charge is 0.271 e. The van der Waals surface area contributed by atoms with Crippen LogP contribution >= 0.6 is 0 Å². The number of nitrogens with one attached hydrogen (secondary N) is 1. The number of hydrogen-bond acceptors (Lipinski definition) is 5. The van der Waals surface area contributed by atoms with Crippen LogP contribution < -0.4 is 5.43 Å². The van der Waals surface area contributed by atoms with Crippen LogP contribution in [0.2, 0.25) is 0 Å². The largest absolute Gasteiger partial charge is 0.505 e. The Bertz CT molecular complexity index is 791. The molecule has 0 saturated carbocycles. The summed E-state index contributed by atoms with van der Waals surface area (Å²) in [6.45, 7) is 7.67. The van der Waals surface area contributed by atoms with Crippen molar-refractivity contribution >= 4 is 12.1 Å². The van der Waals surface area contributed by atoms with E-state index < -0.39 is 0 Å². The van der Waals surface area contributed by atoms with Crippen LogP contribution in [0.5, 0.6) is 5.75 Å². The van der Waals surface area contributed by atoms with Gasteiger partial charge < -0.3 is 10.2 Å². The molecule has 2 aromatic rings. The summed E-state index contributed by atoms with van der Waals surface area (Å²) in [7, 11) is 0. The van der Waals surface area contributed by atoms with Crippen LogP contribution in [0.1, 0.15) is 53.5 Å². The molecule has 2 rings (SSSR count). The first-order chi connectivity index (χ1) is 11.7. The molecule has 0 aliphatic rings. The highest BCUT2D eigenvalue weighted by Gasteiger charge is 2.14. The summed E-state index contributed by atoms with van der Waals surface area (Å²) >= 11 is 0. The minimum absolute atomic E-state index is 0.0184. The maximum atomic E-state index is 12.2. The van der Waals surface area contributed by atoms with Crippen molar-refractivity contribution in [3.63, 3.8) is 0 Å². The van der Waals surface area contributed by atoms with E-state index in [2.05, 4.69) is 36.3 Å². The number of aliphatic hydroxyl groups is 1. The zero-order valence-corrected chi connectivity index (χ0v) is 14.9. The average Bonchev–Trinajstić information content (AvgIpc) is 2.58. The van der Waals surface area contributed by atoms with Gasteiger partial charge >= 0.3 is 0 Å². The lowest BCUT2D eigenvalue weighted by atomic mass is 9.87. The van der Waals surface area contributed by atoms with Gasteiger partial charge in [-0.1, -0.05) is 32.9 Å². The van der Waals surface area contributed by atoms with Gasteiger partial charge in [0.25, 0.3) is 5.91 Å². The van der Waals surface area contributed by atoms with Crippen LogP contribution in [-0.4, -0.2) is 27.3 Å². The van der Waals surface area contributed by atoms with E-state index in [0.29, 0.717) is 22.4 Å². The Hall–Kier alpha value is -2.73. The minimum Gasteiger partial charge on any atom is -0.505 e. The van der Waals surface area contributed by atoms with Gasteiger partial charge in [-0.3, -0.25) is 9.78 Å². The van der Waals surface area contributed by atoms with E-state index in [-0.39, 0.29) is 23.7 Å². The van der Waals surface area contributed by atoms with Crippen molar-refractivity contribution in [3.05, 3.63) is 58.4 Å². The zero-order chi connectivity index (χ0) is 18.6. The molecule has 0 unspecified atom stereocenters. The van der Waals surface area contributed by atoms with Crippen LogP contribution in [0, 0.1) is 6.92 Å². The van der Waals surface area contributed by atoms with Crippen molar-refractivity contribution in [2.24, 2.45) is 5.10 Å². The number of carbonyl (C=O) groups excluding carboxylic acids is 1. The van der Waals surface area contributed by atoms with Crippen LogP contribution in [0.25, 0.3) is 0 Å². The lowest BCUT2D eigenvalue weighted by Crippen LogP contribution is -2.18. The number of aliphatic hydroxyl groups excluding tert-OH is 1. The van der Waals surface area contributed by atoms with Gasteiger partial charge in [-0.15, -0.1) is 0 Å². The topological polar surface area (TPSA) is 94.8 Å². The van der Waals surface area contributed by atoms with Gasteiger partial charge in [0.1, 0.15) is 5.75 Å². The molecule has 0 spiro atoms. The molecule has 1 amide bonds. The van der Waals surface area contributed by atoms with Crippen LogP contribution in [0.15, 0.2) is 35.6 Å². The first kappa shape index (κ1) is 18.6. The molecular formula is C19H23N3O3. The third-order valence-corrected chi connectivity index (χ3v) is 3.90. The second-order valence-corrected chi connectivity index (χ2v) is 6.82. The highest BCUT2D eigenvalue weighted by molar-refractivity contribution is 5.95. The number of aromatic nitrogens is 1. The van der Waals surface area contributed by atoms with Gasteiger partial charge in [0.15, 0.2) is 0 Å². The second-order valence-electron chi connectivity index (χ2n) is 6.82. The number of benzene rings is 1. The first-order valence-electron chi connectivity index (χ1n) is 7.96. The van der Waals surface area contributed by atoms with Gasteiger partial charge in [0, 0.05) is 22.9 Å². The summed E-state index contributed by atoms with van der Waals surface area (Å²) in [5.41, 5.74) is 5.24. The van der Waals surface area contributed by atoms with E-state index in [1.54, 1.807) is 19.1 Å². The Balaban J connectivity index is 2.12. The first-order valence-corrected chi connectivity index (χ1v) is 7.96. The maximum absolute atomic E-state index is 12.2. The fourth-order valence-electron chi connectivity index (χ4n) is 2.26. The summed E-state index contributed by atoms with van der Waals surface area (Å²) in [6.07, 6.45) is 2.76. The van der Waals surface area contributed by atoms with Crippen molar-refractivity contribution in [1.29, 1.82) is 0 Å². The maximum Gasteiger partial charge on any atom is 0.271 e. The molecule has 3 N–H and O–H groups in total. The van der Waals surface area contributed by atoms with Crippen molar-refractivity contribution < 1.29 is 15.0 Å². The van der Waals surface area contributed by atoms with Gasteiger partial charge in [-0.05, 0) is 30.0 Å². The Morgan fingerprint density at radius 1 is 1.28 bits per heavy atom. The van der Waals surface area contributed by atoms with Gasteiger partial charge in [0.05, 0.1) is 18.5 Å². The predicted octanol–water partition coefficient (Wildman–Crippen LogP) is 2.65. The molecule has 0 bridgehead atoms. The molecule has 0 atom stereocenters. The molecule has 0 fully saturated rings. The molecule has 1 aromatic carbocycles. The Labute approximate surface area is 147 Å². The average molecular weight is 341 g/mol. The van der Waals surface area contributed by atoms with E-state index in [9.17, 15) is 15.0 Å². The Morgan fingerprint density at radius 2 is 1.92 bits per heavy atom. The molecule has 25 heavy (non-hydrogen) atoms. The number of aryl methyl sites for hydroxylation is 1. The van der Waals surface area contributed by atoms with Crippen molar-refractivity contribution in [2.45, 2.75) is 39.7 Å². The third kappa shape index (κ3) is 4.42. The number of pyridine rings is 1. The Morgan fingerprint density at radius 3 is 2.48 bits per heavy atom. The number of aromatic hydroxyl groups is 1. The molecule has 0 radical (unpaired) electrons. The van der Waals surface area contributed by atoms with E-state index in [1.165, 1.54) is 12.4 Å². The van der Waals surface area contributed by atoms with E-state index in [0.717, 1.165) is 5.56 Å². The molecule has 0 aliphatic carbocycles. The van der Waals surface area contributed by atoms with E-state index in [4.69, 9.17) is 0 Å². The van der Waals surface area contributed by atoms with Crippen LogP contribution in [-0.2, 0) is 12.0 Å². The van der Waals surface area contributed by atoms with Crippen molar-refractivity contribution in [1.82, 2.24) is 10.4 Å². The quantitative estimate of drug-likeness (QED) is 0.588. The molecule has 1 heterocycles. The fraction of sp³-hybridized carbons (Fsp3) is 0.316.